The van der Waals surface area contributed by atoms with Crippen molar-refractivity contribution in [3.8, 4) is 22.9 Å². The van der Waals surface area contributed by atoms with Gasteiger partial charge in [-0.2, -0.15) is 0 Å². The van der Waals surface area contributed by atoms with Gasteiger partial charge < -0.3 is 9.47 Å². The highest BCUT2D eigenvalue weighted by atomic mass is 35.5. The van der Waals surface area contributed by atoms with Gasteiger partial charge in [-0.15, -0.1) is 0 Å². The molecule has 0 aliphatic rings. The molecular formula is C25H32ClN3O4Si. The molecule has 0 amide bonds. The molecular weight excluding hydrogens is 470 g/mol. The fourth-order valence-electron chi connectivity index (χ4n) is 3.65. The van der Waals surface area contributed by atoms with Crippen LogP contribution in [-0.2, 0) is 18.0 Å². The van der Waals surface area contributed by atoms with E-state index in [1.54, 1.807) is 35.9 Å². The third kappa shape index (κ3) is 5.86. The molecule has 3 aromatic rings. The van der Waals surface area contributed by atoms with Gasteiger partial charge in [-0.1, -0.05) is 31.2 Å². The molecule has 2 heterocycles. The van der Waals surface area contributed by atoms with Crippen LogP contribution in [0.25, 0.3) is 11.3 Å². The third-order valence-electron chi connectivity index (χ3n) is 5.58. The Labute approximate surface area is 206 Å². The van der Waals surface area contributed by atoms with Crippen LogP contribution in [0.4, 0.5) is 0 Å². The predicted octanol–water partition coefficient (Wildman–Crippen LogP) is 5.47. The fraction of sp³-hybridized carbons (Fsp3) is 0.400. The lowest BCUT2D eigenvalue weighted by molar-refractivity contribution is 0.0803. The minimum absolute atomic E-state index is 0.0418. The smallest absolute Gasteiger partial charge is 0.333 e. The monoisotopic (exact) mass is 501 g/mol. The Morgan fingerprint density at radius 3 is 2.44 bits per heavy atom. The molecule has 7 nitrogen and oxygen atoms in total. The number of ether oxygens (including phenoxy) is 2. The average molecular weight is 502 g/mol. The van der Waals surface area contributed by atoms with Gasteiger partial charge in [0.25, 0.3) is 5.56 Å². The summed E-state index contributed by atoms with van der Waals surface area (Å²) in [5.41, 5.74) is 2.05. The van der Waals surface area contributed by atoms with E-state index in [0.717, 1.165) is 17.2 Å². The summed E-state index contributed by atoms with van der Waals surface area (Å²) in [6.07, 6.45) is 1.61. The number of aryl methyl sites for hydroxylation is 1. The van der Waals surface area contributed by atoms with Gasteiger partial charge in [0, 0.05) is 38.5 Å². The van der Waals surface area contributed by atoms with Crippen LogP contribution in [0, 0.1) is 13.8 Å². The van der Waals surface area contributed by atoms with Gasteiger partial charge in [0.05, 0.1) is 5.69 Å². The van der Waals surface area contributed by atoms with Gasteiger partial charge in [0.15, 0.2) is 0 Å². The number of rotatable bonds is 9. The van der Waals surface area contributed by atoms with Crippen molar-refractivity contribution in [2.75, 3.05) is 6.61 Å². The van der Waals surface area contributed by atoms with E-state index in [1.807, 2.05) is 26.0 Å². The molecule has 0 bridgehead atoms. The van der Waals surface area contributed by atoms with Crippen molar-refractivity contribution in [2.24, 2.45) is 0 Å². The number of aromatic nitrogens is 3. The highest BCUT2D eigenvalue weighted by Crippen LogP contribution is 2.31. The molecule has 9 heteroatoms. The van der Waals surface area contributed by atoms with Crippen LogP contribution in [-0.4, -0.2) is 28.8 Å². The topological polar surface area (TPSA) is 75.3 Å². The first-order chi connectivity index (χ1) is 16.0. The van der Waals surface area contributed by atoms with Crippen LogP contribution in [0.3, 0.4) is 0 Å². The van der Waals surface area contributed by atoms with Crippen molar-refractivity contribution in [2.45, 2.75) is 59.7 Å². The second-order valence-electron chi connectivity index (χ2n) is 9.45. The standard InChI is InChI=1S/C25H32ClN3O4Si/c1-7-28-22(18(3)24(30)29(25(28)31)16-32-13-14-34(4,5)6)20-11-10-19(15-17(20)2)33-23-21(26)9-8-12-27-23/h8-12,15H,7,13-14,16H2,1-6H3. The Hall–Kier alpha value is -2.68. The molecule has 0 radical (unpaired) electrons. The van der Waals surface area contributed by atoms with Crippen molar-refractivity contribution in [3.63, 3.8) is 0 Å². The maximum absolute atomic E-state index is 13.2. The second kappa shape index (κ2) is 10.7. The summed E-state index contributed by atoms with van der Waals surface area (Å²) in [7, 11) is -1.26. The quantitative estimate of drug-likeness (QED) is 0.287. The third-order valence-corrected chi connectivity index (χ3v) is 7.57. The normalized spacial score (nSPS) is 11.6. The number of benzene rings is 1. The molecule has 0 saturated heterocycles. The fourth-order valence-corrected chi connectivity index (χ4v) is 4.56. The highest BCUT2D eigenvalue weighted by molar-refractivity contribution is 6.76. The second-order valence-corrected chi connectivity index (χ2v) is 15.5. The Morgan fingerprint density at radius 1 is 1.09 bits per heavy atom. The lowest BCUT2D eigenvalue weighted by Gasteiger charge is -2.20. The van der Waals surface area contributed by atoms with Crippen molar-refractivity contribution >= 4 is 19.7 Å². The van der Waals surface area contributed by atoms with Gasteiger partial charge in [-0.25, -0.2) is 14.3 Å². The van der Waals surface area contributed by atoms with Crippen LogP contribution >= 0.6 is 11.6 Å². The van der Waals surface area contributed by atoms with E-state index in [-0.39, 0.29) is 18.0 Å². The molecule has 1 aromatic carbocycles. The minimum Gasteiger partial charge on any atom is -0.438 e. The SMILES string of the molecule is CCn1c(-c2ccc(Oc3ncccc3Cl)cc2C)c(C)c(=O)n(COCC[Si](C)(C)C)c1=O. The molecule has 0 aliphatic carbocycles. The Balaban J connectivity index is 1.96. The molecule has 0 unspecified atom stereocenters. The first kappa shape index (κ1) is 25.9. The van der Waals surface area contributed by atoms with E-state index >= 15 is 0 Å². The summed E-state index contributed by atoms with van der Waals surface area (Å²) in [6.45, 7) is 13.2. The number of nitrogens with zero attached hydrogens (tertiary/aromatic N) is 3. The molecule has 0 N–H and O–H groups in total. The molecule has 0 fully saturated rings. The van der Waals surface area contributed by atoms with E-state index in [1.165, 1.54) is 4.57 Å². The summed E-state index contributed by atoms with van der Waals surface area (Å²) in [6, 6.07) is 9.88. The van der Waals surface area contributed by atoms with E-state index in [4.69, 9.17) is 21.1 Å². The van der Waals surface area contributed by atoms with Gasteiger partial charge >= 0.3 is 5.69 Å². The van der Waals surface area contributed by atoms with E-state index in [0.29, 0.717) is 41.1 Å². The van der Waals surface area contributed by atoms with E-state index in [9.17, 15) is 9.59 Å². The molecule has 34 heavy (non-hydrogen) atoms. The van der Waals surface area contributed by atoms with Crippen LogP contribution in [0.15, 0.2) is 46.1 Å². The largest absolute Gasteiger partial charge is 0.438 e. The zero-order chi connectivity index (χ0) is 25.0. The number of pyridine rings is 1. The lowest BCUT2D eigenvalue weighted by Crippen LogP contribution is -2.42. The van der Waals surface area contributed by atoms with Crippen molar-refractivity contribution in [1.82, 2.24) is 14.1 Å². The van der Waals surface area contributed by atoms with Crippen LogP contribution in [0.1, 0.15) is 18.1 Å². The first-order valence-corrected chi connectivity index (χ1v) is 15.4. The van der Waals surface area contributed by atoms with E-state index < -0.39 is 8.07 Å². The van der Waals surface area contributed by atoms with Crippen molar-refractivity contribution in [3.05, 3.63) is 73.5 Å². The highest BCUT2D eigenvalue weighted by Gasteiger charge is 2.19. The Kier molecular flexibility index (Phi) is 8.17. The van der Waals surface area contributed by atoms with Crippen LogP contribution in [0.2, 0.25) is 30.7 Å². The number of hydrogen-bond donors (Lipinski definition) is 0. The molecule has 3 rings (SSSR count). The minimum atomic E-state index is -1.26. The molecule has 0 saturated carbocycles. The summed E-state index contributed by atoms with van der Waals surface area (Å²) in [5.74, 6) is 0.878. The van der Waals surface area contributed by atoms with Gasteiger partial charge in [0.2, 0.25) is 5.88 Å². The lowest BCUT2D eigenvalue weighted by atomic mass is 10.0. The van der Waals surface area contributed by atoms with Gasteiger partial charge in [-0.3, -0.25) is 9.36 Å². The first-order valence-electron chi connectivity index (χ1n) is 11.3. The summed E-state index contributed by atoms with van der Waals surface area (Å²) < 4.78 is 14.3. The van der Waals surface area contributed by atoms with Crippen LogP contribution < -0.4 is 16.0 Å². The average Bonchev–Trinajstić information content (AvgIpc) is 2.77. The van der Waals surface area contributed by atoms with Gasteiger partial charge in [0.1, 0.15) is 17.5 Å². The van der Waals surface area contributed by atoms with Gasteiger partial charge in [-0.05, 0) is 62.7 Å². The molecule has 0 spiro atoms. The van der Waals surface area contributed by atoms with Crippen LogP contribution in [0.5, 0.6) is 11.6 Å². The Morgan fingerprint density at radius 2 is 1.82 bits per heavy atom. The maximum atomic E-state index is 13.2. The summed E-state index contributed by atoms with van der Waals surface area (Å²) in [4.78, 5) is 30.5. The summed E-state index contributed by atoms with van der Waals surface area (Å²) >= 11 is 6.15. The zero-order valence-corrected chi connectivity index (χ0v) is 22.4. The molecule has 0 atom stereocenters. The molecule has 182 valence electrons. The zero-order valence-electron chi connectivity index (χ0n) is 20.6. The number of hydrogen-bond acceptors (Lipinski definition) is 5. The van der Waals surface area contributed by atoms with E-state index in [2.05, 4.69) is 24.6 Å². The molecule has 2 aromatic heterocycles. The Bertz CT molecular complexity index is 1290. The van der Waals surface area contributed by atoms with Crippen molar-refractivity contribution < 1.29 is 9.47 Å². The van der Waals surface area contributed by atoms with Crippen molar-refractivity contribution in [1.29, 1.82) is 0 Å². The summed E-state index contributed by atoms with van der Waals surface area (Å²) in [5, 5.41) is 0.413. The molecule has 0 aliphatic heterocycles. The number of halogens is 1. The predicted molar refractivity (Wildman–Crippen MR) is 139 cm³/mol. The maximum Gasteiger partial charge on any atom is 0.333 e.